The van der Waals surface area contributed by atoms with Crippen LogP contribution in [0.3, 0.4) is 0 Å². The maximum atomic E-state index is 11.7. The van der Waals surface area contributed by atoms with E-state index in [4.69, 9.17) is 10.00 Å². The van der Waals surface area contributed by atoms with Crippen LogP contribution in [0.5, 0.6) is 5.75 Å². The van der Waals surface area contributed by atoms with Crippen LogP contribution in [0.25, 0.3) is 11.1 Å². The van der Waals surface area contributed by atoms with Crippen molar-refractivity contribution in [2.75, 3.05) is 11.9 Å². The summed E-state index contributed by atoms with van der Waals surface area (Å²) in [7, 11) is 0. The maximum Gasteiger partial charge on any atom is 0.264 e. The number of carbonyl (C=O) groups excluding carboxylic acids is 1. The zero-order chi connectivity index (χ0) is 16.8. The van der Waals surface area contributed by atoms with Crippen LogP contribution in [-0.4, -0.2) is 17.5 Å². The van der Waals surface area contributed by atoms with E-state index in [0.717, 1.165) is 11.1 Å². The molecule has 1 heterocycles. The van der Waals surface area contributed by atoms with Crippen LogP contribution in [0.2, 0.25) is 0 Å². The fourth-order valence-electron chi connectivity index (χ4n) is 2.07. The second kappa shape index (κ2) is 7.40. The van der Waals surface area contributed by atoms with Gasteiger partial charge in [-0.15, -0.1) is 11.3 Å². The predicted molar refractivity (Wildman–Crippen MR) is 92.8 cm³/mol. The van der Waals surface area contributed by atoms with Crippen LogP contribution in [-0.2, 0) is 4.79 Å². The minimum Gasteiger partial charge on any atom is -0.484 e. The van der Waals surface area contributed by atoms with E-state index in [0.29, 0.717) is 16.4 Å². The van der Waals surface area contributed by atoms with Gasteiger partial charge in [0, 0.05) is 11.6 Å². The van der Waals surface area contributed by atoms with Crippen molar-refractivity contribution >= 4 is 22.4 Å². The molecule has 118 valence electrons. The molecule has 2 aromatic carbocycles. The van der Waals surface area contributed by atoms with E-state index in [1.54, 1.807) is 23.7 Å². The quantitative estimate of drug-likeness (QED) is 0.771. The number of benzene rings is 2. The second-order valence-corrected chi connectivity index (χ2v) is 5.78. The fraction of sp³-hybridized carbons (Fsp3) is 0.0556. The number of hydrogen-bond donors (Lipinski definition) is 1. The molecule has 0 saturated carbocycles. The molecule has 0 aliphatic heterocycles. The van der Waals surface area contributed by atoms with Gasteiger partial charge in [-0.3, -0.25) is 10.1 Å². The van der Waals surface area contributed by atoms with Gasteiger partial charge in [-0.1, -0.05) is 24.3 Å². The number of nitrogens with zero attached hydrogens (tertiary/aromatic N) is 2. The van der Waals surface area contributed by atoms with E-state index in [9.17, 15) is 4.79 Å². The summed E-state index contributed by atoms with van der Waals surface area (Å²) in [5.41, 5.74) is 2.66. The van der Waals surface area contributed by atoms with Gasteiger partial charge in [0.1, 0.15) is 5.75 Å². The number of amides is 1. The van der Waals surface area contributed by atoms with Crippen LogP contribution in [0, 0.1) is 11.3 Å². The van der Waals surface area contributed by atoms with Gasteiger partial charge < -0.3 is 4.74 Å². The molecule has 6 heteroatoms. The first-order valence-electron chi connectivity index (χ1n) is 7.17. The molecule has 3 aromatic rings. The molecular formula is C18H13N3O2S. The second-order valence-electron chi connectivity index (χ2n) is 4.89. The SMILES string of the molecule is N#Cc1ccc(-c2ccc(OCC(=O)Nc3nccs3)cc2)cc1. The Hall–Kier alpha value is -3.17. The van der Waals surface area contributed by atoms with Crippen molar-refractivity contribution in [1.29, 1.82) is 5.26 Å². The molecule has 0 spiro atoms. The van der Waals surface area contributed by atoms with Crippen LogP contribution in [0.4, 0.5) is 5.13 Å². The largest absolute Gasteiger partial charge is 0.484 e. The molecule has 0 unspecified atom stereocenters. The Morgan fingerprint density at radius 1 is 1.12 bits per heavy atom. The van der Waals surface area contributed by atoms with E-state index < -0.39 is 0 Å². The Morgan fingerprint density at radius 2 is 1.79 bits per heavy atom. The molecule has 3 rings (SSSR count). The molecule has 1 amide bonds. The minimum absolute atomic E-state index is 0.0736. The number of anilines is 1. The highest BCUT2D eigenvalue weighted by molar-refractivity contribution is 7.13. The Kier molecular flexibility index (Phi) is 4.84. The standard InChI is InChI=1S/C18H13N3O2S/c19-11-13-1-3-14(4-2-13)15-5-7-16(8-6-15)23-12-17(22)21-18-20-9-10-24-18/h1-10H,12H2,(H,20,21,22). The smallest absolute Gasteiger partial charge is 0.264 e. The molecule has 0 bridgehead atoms. The van der Waals surface area contributed by atoms with Crippen LogP contribution in [0.1, 0.15) is 5.56 Å². The number of ether oxygens (including phenoxy) is 1. The first-order valence-corrected chi connectivity index (χ1v) is 8.05. The summed E-state index contributed by atoms with van der Waals surface area (Å²) in [6, 6.07) is 16.9. The van der Waals surface area contributed by atoms with E-state index in [-0.39, 0.29) is 12.5 Å². The predicted octanol–water partition coefficient (Wildman–Crippen LogP) is 3.70. The lowest BCUT2D eigenvalue weighted by Crippen LogP contribution is -2.19. The monoisotopic (exact) mass is 335 g/mol. The lowest BCUT2D eigenvalue weighted by molar-refractivity contribution is -0.118. The first-order chi connectivity index (χ1) is 11.7. The molecule has 0 aliphatic rings. The lowest BCUT2D eigenvalue weighted by atomic mass is 10.0. The molecule has 5 nitrogen and oxygen atoms in total. The average Bonchev–Trinajstić information content (AvgIpc) is 3.13. The maximum absolute atomic E-state index is 11.7. The summed E-state index contributed by atoms with van der Waals surface area (Å²) in [4.78, 5) is 15.7. The minimum atomic E-state index is -0.249. The number of thiazole rings is 1. The van der Waals surface area contributed by atoms with E-state index in [1.165, 1.54) is 11.3 Å². The van der Waals surface area contributed by atoms with Gasteiger partial charge in [0.2, 0.25) is 0 Å². The lowest BCUT2D eigenvalue weighted by Gasteiger charge is -2.07. The third kappa shape index (κ3) is 3.97. The molecule has 24 heavy (non-hydrogen) atoms. The van der Waals surface area contributed by atoms with Gasteiger partial charge in [0.25, 0.3) is 5.91 Å². The summed E-state index contributed by atoms with van der Waals surface area (Å²) in [5.74, 6) is 0.364. The van der Waals surface area contributed by atoms with Crippen molar-refractivity contribution < 1.29 is 9.53 Å². The fourth-order valence-corrected chi connectivity index (χ4v) is 2.62. The van der Waals surface area contributed by atoms with Crippen LogP contribution in [0.15, 0.2) is 60.1 Å². The van der Waals surface area contributed by atoms with Gasteiger partial charge in [-0.05, 0) is 35.4 Å². The van der Waals surface area contributed by atoms with Gasteiger partial charge >= 0.3 is 0 Å². The molecule has 0 saturated heterocycles. The van der Waals surface area contributed by atoms with Gasteiger partial charge in [0.05, 0.1) is 11.6 Å². The molecule has 0 fully saturated rings. The third-order valence-corrected chi connectivity index (χ3v) is 3.94. The number of nitrogens with one attached hydrogen (secondary N) is 1. The van der Waals surface area contributed by atoms with E-state index in [2.05, 4.69) is 16.4 Å². The van der Waals surface area contributed by atoms with Crippen molar-refractivity contribution in [1.82, 2.24) is 4.98 Å². The summed E-state index contributed by atoms with van der Waals surface area (Å²) < 4.78 is 5.47. The molecule has 0 radical (unpaired) electrons. The molecule has 1 N–H and O–H groups in total. The summed E-state index contributed by atoms with van der Waals surface area (Å²) in [6.07, 6.45) is 1.63. The Morgan fingerprint density at radius 3 is 2.38 bits per heavy atom. The Bertz CT molecular complexity index is 851. The van der Waals surface area contributed by atoms with Gasteiger partial charge in [0.15, 0.2) is 11.7 Å². The average molecular weight is 335 g/mol. The molecule has 0 atom stereocenters. The highest BCUT2D eigenvalue weighted by atomic mass is 32.1. The van der Waals surface area contributed by atoms with E-state index in [1.807, 2.05) is 36.4 Å². The van der Waals surface area contributed by atoms with Gasteiger partial charge in [-0.2, -0.15) is 5.26 Å². The number of aromatic nitrogens is 1. The number of nitriles is 1. The molecular weight excluding hydrogens is 322 g/mol. The number of rotatable bonds is 5. The van der Waals surface area contributed by atoms with Gasteiger partial charge in [-0.25, -0.2) is 4.98 Å². The van der Waals surface area contributed by atoms with Crippen molar-refractivity contribution in [2.24, 2.45) is 0 Å². The summed E-state index contributed by atoms with van der Waals surface area (Å²) in [5, 5.41) is 13.8. The Labute approximate surface area is 143 Å². The summed E-state index contributed by atoms with van der Waals surface area (Å²) >= 11 is 1.36. The zero-order valence-electron chi connectivity index (χ0n) is 12.6. The molecule has 1 aromatic heterocycles. The van der Waals surface area contributed by atoms with Crippen molar-refractivity contribution in [2.45, 2.75) is 0 Å². The highest BCUT2D eigenvalue weighted by Gasteiger charge is 2.05. The summed E-state index contributed by atoms with van der Waals surface area (Å²) in [6.45, 7) is -0.0736. The van der Waals surface area contributed by atoms with Crippen LogP contribution >= 0.6 is 11.3 Å². The van der Waals surface area contributed by atoms with Crippen LogP contribution < -0.4 is 10.1 Å². The van der Waals surface area contributed by atoms with E-state index >= 15 is 0 Å². The normalized spacial score (nSPS) is 9.96. The highest BCUT2D eigenvalue weighted by Crippen LogP contribution is 2.22. The first kappa shape index (κ1) is 15.7. The zero-order valence-corrected chi connectivity index (χ0v) is 13.4. The van der Waals surface area contributed by atoms with Crippen molar-refractivity contribution in [3.05, 3.63) is 65.7 Å². The topological polar surface area (TPSA) is 75.0 Å². The Balaban J connectivity index is 1.58. The molecule has 0 aliphatic carbocycles. The number of hydrogen-bond acceptors (Lipinski definition) is 5. The van der Waals surface area contributed by atoms with Crippen molar-refractivity contribution in [3.63, 3.8) is 0 Å². The third-order valence-electron chi connectivity index (χ3n) is 3.25. The number of carbonyl (C=O) groups is 1. The van der Waals surface area contributed by atoms with Crippen molar-refractivity contribution in [3.8, 4) is 22.9 Å².